The van der Waals surface area contributed by atoms with E-state index in [9.17, 15) is 9.59 Å². The third-order valence-electron chi connectivity index (χ3n) is 4.79. The average molecular weight is 695 g/mol. The van der Waals surface area contributed by atoms with Crippen molar-refractivity contribution in [1.29, 1.82) is 0 Å². The van der Waals surface area contributed by atoms with Crippen molar-refractivity contribution in [2.75, 3.05) is 5.33 Å². The van der Waals surface area contributed by atoms with E-state index in [2.05, 4.69) is 44.2 Å². The van der Waals surface area contributed by atoms with Crippen LogP contribution in [0.2, 0.25) is 0 Å². The first-order valence-electron chi connectivity index (χ1n) is 10.2. The predicted octanol–water partition coefficient (Wildman–Crippen LogP) is 9.18. The molecule has 0 saturated heterocycles. The van der Waals surface area contributed by atoms with Crippen molar-refractivity contribution in [3.05, 3.63) is 120 Å². The quantitative estimate of drug-likeness (QED) is 0.119. The fourth-order valence-electron chi connectivity index (χ4n) is 3.13. The fourth-order valence-corrected chi connectivity index (χ4v) is 3.45. The molecule has 0 heterocycles. The van der Waals surface area contributed by atoms with Crippen LogP contribution in [0, 0.1) is 0 Å². The molecule has 6 heteroatoms. The van der Waals surface area contributed by atoms with Gasteiger partial charge in [-0.1, -0.05) is 113 Å². The second kappa shape index (κ2) is 16.0. The number of ketones is 2. The van der Waals surface area contributed by atoms with E-state index in [0.29, 0.717) is 5.33 Å². The van der Waals surface area contributed by atoms with Crippen molar-refractivity contribution in [2.24, 2.45) is 0 Å². The molecule has 0 bridgehead atoms. The summed E-state index contributed by atoms with van der Waals surface area (Å²) in [5, 5.41) is 0.366. The van der Waals surface area contributed by atoms with Gasteiger partial charge in [0, 0.05) is 11.1 Å². The van der Waals surface area contributed by atoms with Crippen LogP contribution in [0.25, 0.3) is 22.3 Å². The van der Waals surface area contributed by atoms with E-state index in [-0.39, 0.29) is 11.6 Å². The molecule has 0 fully saturated rings. The molecule has 179 valence electrons. The molecule has 2 nitrogen and oxygen atoms in total. The Labute approximate surface area is 229 Å². The van der Waals surface area contributed by atoms with E-state index in [1.165, 1.54) is 11.3 Å². The van der Waals surface area contributed by atoms with E-state index in [1.807, 2.05) is 109 Å². The van der Waals surface area contributed by atoms with Crippen LogP contribution in [0.3, 0.4) is 0 Å². The molecule has 0 aliphatic carbocycles. The van der Waals surface area contributed by atoms with Crippen LogP contribution in [0.15, 0.2) is 109 Å². The van der Waals surface area contributed by atoms with Crippen LogP contribution in [-0.4, -0.2) is 16.9 Å². The summed E-state index contributed by atoms with van der Waals surface area (Å²) in [5.41, 5.74) is 5.94. The number of rotatable bonds is 5. The Bertz CT molecular complexity index is 1180. The molecule has 0 aromatic heterocycles. The summed E-state index contributed by atoms with van der Waals surface area (Å²) in [6.07, 6.45) is 0. The Morgan fingerprint density at radius 3 is 1.41 bits per heavy atom. The van der Waals surface area contributed by atoms with Crippen LogP contribution in [0.1, 0.15) is 27.6 Å². The molecule has 34 heavy (non-hydrogen) atoms. The Kier molecular flexibility index (Phi) is 13.3. The Hall–Kier alpha value is -1.82. The number of benzene rings is 4. The number of halogens is 3. The first-order valence-corrected chi connectivity index (χ1v) is 16.0. The number of Topliss-reactive ketones (excluding diaryl/α,β-unsaturated/α-hetero) is 2. The third kappa shape index (κ3) is 9.44. The summed E-state index contributed by atoms with van der Waals surface area (Å²) < 4.78 is 0. The molecule has 4 aromatic rings. The average Bonchev–Trinajstić information content (AvgIpc) is 2.90. The molecule has 0 aliphatic rings. The van der Waals surface area contributed by atoms with Crippen LogP contribution < -0.4 is 0 Å². The number of carbonyl (C=O) groups excluding carboxylic acids is 2. The SMILES string of the molecule is CC(=O)c1cccc(-c2ccccc2)c1.O=C(CBr)c1cccc(-c2ccccc2)c1.[Br][Cu][Br]. The van der Waals surface area contributed by atoms with Gasteiger partial charge >= 0.3 is 39.6 Å². The minimum atomic E-state index is 0.104. The molecule has 0 unspecified atom stereocenters. The summed E-state index contributed by atoms with van der Waals surface area (Å²) in [5.74, 6) is 0.213. The summed E-state index contributed by atoms with van der Waals surface area (Å²) in [6.45, 7) is 1.59. The summed E-state index contributed by atoms with van der Waals surface area (Å²) in [7, 11) is 0. The van der Waals surface area contributed by atoms with Crippen molar-refractivity contribution in [1.82, 2.24) is 0 Å². The zero-order valence-electron chi connectivity index (χ0n) is 18.4. The monoisotopic (exact) mass is 691 g/mol. The van der Waals surface area contributed by atoms with Gasteiger partial charge in [-0.3, -0.25) is 9.59 Å². The molecule has 0 aliphatic heterocycles. The molecule has 0 N–H and O–H groups in total. The first-order chi connectivity index (χ1) is 16.5. The molecule has 0 spiro atoms. The normalized spacial score (nSPS) is 9.76. The summed E-state index contributed by atoms with van der Waals surface area (Å²) >= 11 is 10.6. The van der Waals surface area contributed by atoms with Gasteiger partial charge in [-0.05, 0) is 41.3 Å². The van der Waals surface area contributed by atoms with E-state index >= 15 is 0 Å². The second-order valence-electron chi connectivity index (χ2n) is 7.05. The number of hydrogen-bond acceptors (Lipinski definition) is 2. The molecule has 0 saturated carbocycles. The molecule has 0 atom stereocenters. The van der Waals surface area contributed by atoms with Gasteiger partial charge in [0.1, 0.15) is 0 Å². The van der Waals surface area contributed by atoms with Gasteiger partial charge < -0.3 is 0 Å². The first kappa shape index (κ1) is 28.4. The van der Waals surface area contributed by atoms with Crippen LogP contribution >= 0.6 is 44.2 Å². The maximum absolute atomic E-state index is 11.6. The summed E-state index contributed by atoms with van der Waals surface area (Å²) in [4.78, 5) is 22.8. The minimum absolute atomic E-state index is 0.104. The summed E-state index contributed by atoms with van der Waals surface area (Å²) in [6, 6.07) is 35.5. The number of carbonyl (C=O) groups is 2. The topological polar surface area (TPSA) is 34.1 Å². The van der Waals surface area contributed by atoms with Crippen molar-refractivity contribution in [2.45, 2.75) is 6.92 Å². The molecular formula is C28H23Br3CuO2. The zero-order valence-corrected chi connectivity index (χ0v) is 24.1. The van der Waals surface area contributed by atoms with Crippen molar-refractivity contribution in [3.63, 3.8) is 0 Å². The zero-order chi connectivity index (χ0) is 24.8. The maximum atomic E-state index is 11.6. The van der Waals surface area contributed by atoms with Crippen molar-refractivity contribution in [3.8, 4) is 22.3 Å². The fraction of sp³-hybridized carbons (Fsp3) is 0.0714. The van der Waals surface area contributed by atoms with E-state index in [0.717, 1.165) is 33.4 Å². The number of alkyl halides is 1. The second-order valence-corrected chi connectivity index (χ2v) is 12.4. The van der Waals surface area contributed by atoms with Gasteiger partial charge in [0.2, 0.25) is 0 Å². The van der Waals surface area contributed by atoms with E-state index in [4.69, 9.17) is 0 Å². The van der Waals surface area contributed by atoms with Crippen LogP contribution in [-0.2, 0) is 11.3 Å². The third-order valence-corrected chi connectivity index (χ3v) is 5.30. The number of hydrogen-bond donors (Lipinski definition) is 0. The molecule has 4 aromatic carbocycles. The van der Waals surface area contributed by atoms with Crippen molar-refractivity contribution >= 4 is 55.7 Å². The van der Waals surface area contributed by atoms with Gasteiger partial charge in [-0.25, -0.2) is 0 Å². The van der Waals surface area contributed by atoms with Gasteiger partial charge in [0.15, 0.2) is 11.6 Å². The molecule has 0 amide bonds. The van der Waals surface area contributed by atoms with E-state index in [1.54, 1.807) is 6.92 Å². The van der Waals surface area contributed by atoms with Gasteiger partial charge in [-0.15, -0.1) is 0 Å². The van der Waals surface area contributed by atoms with Crippen LogP contribution in [0.4, 0.5) is 0 Å². The standard InChI is InChI=1S/C14H11BrO.C14H12O.2BrH.Cu/c15-10-14(16)13-8-4-7-12(9-13)11-5-2-1-3-6-11;1-11(15)13-8-5-9-14(10-13)12-6-3-2-4-7-12;;;/h1-9H,10H2;2-10H,1H3;2*1H;/q;;;;+2/p-2. The predicted molar refractivity (Wildman–Crippen MR) is 150 cm³/mol. The van der Waals surface area contributed by atoms with Crippen molar-refractivity contribution < 1.29 is 20.9 Å². The Morgan fingerprint density at radius 1 is 0.618 bits per heavy atom. The molecule has 0 radical (unpaired) electrons. The Balaban J connectivity index is 0.000000216. The molecule has 4 rings (SSSR count). The van der Waals surface area contributed by atoms with E-state index < -0.39 is 0 Å². The van der Waals surface area contributed by atoms with Gasteiger partial charge in [-0.2, -0.15) is 0 Å². The van der Waals surface area contributed by atoms with Gasteiger partial charge in [0.25, 0.3) is 0 Å². The van der Waals surface area contributed by atoms with Gasteiger partial charge in [0.05, 0.1) is 5.33 Å². The Morgan fingerprint density at radius 2 is 1.00 bits per heavy atom. The van der Waals surface area contributed by atoms with Crippen LogP contribution in [0.5, 0.6) is 0 Å². The molecular weight excluding hydrogens is 672 g/mol.